The second kappa shape index (κ2) is 6.66. The van der Waals surface area contributed by atoms with Gasteiger partial charge in [0.25, 0.3) is 5.91 Å². The van der Waals surface area contributed by atoms with Crippen LogP contribution >= 0.6 is 0 Å². The Balaban J connectivity index is 1.69. The third kappa shape index (κ3) is 3.14. The highest BCUT2D eigenvalue weighted by Gasteiger charge is 2.26. The highest BCUT2D eigenvalue weighted by atomic mass is 16.2. The lowest BCUT2D eigenvalue weighted by Gasteiger charge is -2.16. The minimum Gasteiger partial charge on any atom is -0.338 e. The first-order valence-electron chi connectivity index (χ1n) is 7.59. The van der Waals surface area contributed by atoms with E-state index in [4.69, 9.17) is 0 Å². The fourth-order valence-electron chi connectivity index (χ4n) is 2.83. The van der Waals surface area contributed by atoms with Gasteiger partial charge in [0.1, 0.15) is 0 Å². The molecule has 1 aliphatic heterocycles. The molecule has 1 aromatic heterocycles. The summed E-state index contributed by atoms with van der Waals surface area (Å²) in [6.45, 7) is 2.57. The summed E-state index contributed by atoms with van der Waals surface area (Å²) < 4.78 is 0. The smallest absolute Gasteiger partial charge is 0.257 e. The van der Waals surface area contributed by atoms with E-state index in [-0.39, 0.29) is 5.91 Å². The second-order valence-electron chi connectivity index (χ2n) is 5.62. The summed E-state index contributed by atoms with van der Waals surface area (Å²) in [7, 11) is 1.95. The van der Waals surface area contributed by atoms with Crippen LogP contribution in [0.4, 0.5) is 0 Å². The number of hydrogen-bond acceptors (Lipinski definition) is 4. The van der Waals surface area contributed by atoms with Crippen molar-refractivity contribution >= 4 is 5.91 Å². The average Bonchev–Trinajstić information content (AvgIpc) is 3.04. The topological polar surface area (TPSA) is 58.1 Å². The molecule has 0 bridgehead atoms. The molecule has 2 heterocycles. The van der Waals surface area contributed by atoms with Gasteiger partial charge in [0.15, 0.2) is 5.82 Å². The average molecular weight is 296 g/mol. The summed E-state index contributed by atoms with van der Waals surface area (Å²) in [5.41, 5.74) is 1.52. The van der Waals surface area contributed by atoms with Crippen molar-refractivity contribution in [2.75, 3.05) is 26.7 Å². The molecule has 0 saturated carbocycles. The van der Waals surface area contributed by atoms with E-state index < -0.39 is 0 Å². The maximum absolute atomic E-state index is 12.5. The molecule has 1 saturated heterocycles. The van der Waals surface area contributed by atoms with Crippen molar-refractivity contribution in [3.63, 3.8) is 0 Å². The Labute approximate surface area is 130 Å². The van der Waals surface area contributed by atoms with E-state index in [9.17, 15) is 4.79 Å². The van der Waals surface area contributed by atoms with Crippen LogP contribution in [0.1, 0.15) is 16.8 Å². The Morgan fingerprint density at radius 2 is 2.00 bits per heavy atom. The van der Waals surface area contributed by atoms with Crippen molar-refractivity contribution in [2.24, 2.45) is 5.92 Å². The first-order chi connectivity index (χ1) is 10.8. The lowest BCUT2D eigenvalue weighted by molar-refractivity contribution is 0.0786. The molecule has 1 unspecified atom stereocenters. The highest BCUT2D eigenvalue weighted by molar-refractivity contribution is 5.93. The van der Waals surface area contributed by atoms with Crippen LogP contribution in [-0.4, -0.2) is 47.5 Å². The summed E-state index contributed by atoms with van der Waals surface area (Å²) in [6.07, 6.45) is 4.31. The number of likely N-dealkylation sites (tertiary alicyclic amines) is 1. The van der Waals surface area contributed by atoms with E-state index >= 15 is 0 Å². The van der Waals surface area contributed by atoms with E-state index in [1.165, 1.54) is 0 Å². The summed E-state index contributed by atoms with van der Waals surface area (Å²) in [4.78, 5) is 23.0. The predicted molar refractivity (Wildman–Crippen MR) is 85.4 cm³/mol. The van der Waals surface area contributed by atoms with Gasteiger partial charge >= 0.3 is 0 Å². The van der Waals surface area contributed by atoms with Gasteiger partial charge in [-0.1, -0.05) is 30.3 Å². The Hall–Kier alpha value is -2.27. The number of benzene rings is 1. The van der Waals surface area contributed by atoms with Gasteiger partial charge in [-0.3, -0.25) is 4.79 Å². The van der Waals surface area contributed by atoms with Crippen LogP contribution in [0.15, 0.2) is 42.7 Å². The van der Waals surface area contributed by atoms with Crippen LogP contribution in [0, 0.1) is 5.92 Å². The van der Waals surface area contributed by atoms with Crippen LogP contribution in [0.2, 0.25) is 0 Å². The number of aromatic nitrogens is 2. The Morgan fingerprint density at radius 3 is 2.68 bits per heavy atom. The minimum atomic E-state index is 0.0261. The normalized spacial score (nSPS) is 17.7. The third-order valence-corrected chi connectivity index (χ3v) is 4.00. The van der Waals surface area contributed by atoms with Gasteiger partial charge in [-0.15, -0.1) is 0 Å². The van der Waals surface area contributed by atoms with Crippen molar-refractivity contribution in [1.82, 2.24) is 20.2 Å². The molecule has 114 valence electrons. The van der Waals surface area contributed by atoms with Gasteiger partial charge < -0.3 is 10.2 Å². The van der Waals surface area contributed by atoms with Gasteiger partial charge in [-0.05, 0) is 25.9 Å². The van der Waals surface area contributed by atoms with Crippen LogP contribution in [-0.2, 0) is 0 Å². The van der Waals surface area contributed by atoms with Gasteiger partial charge in [0.05, 0.1) is 5.56 Å². The third-order valence-electron chi connectivity index (χ3n) is 4.00. The van der Waals surface area contributed by atoms with Crippen LogP contribution in [0.25, 0.3) is 11.4 Å². The number of nitrogens with zero attached hydrogens (tertiary/aromatic N) is 3. The predicted octanol–water partition coefficient (Wildman–Crippen LogP) is 1.83. The van der Waals surface area contributed by atoms with E-state index in [0.29, 0.717) is 17.3 Å². The maximum Gasteiger partial charge on any atom is 0.257 e. The number of carbonyl (C=O) groups is 1. The molecule has 0 aliphatic carbocycles. The van der Waals surface area contributed by atoms with Gasteiger partial charge in [0, 0.05) is 31.0 Å². The first kappa shape index (κ1) is 14.7. The number of amides is 1. The quantitative estimate of drug-likeness (QED) is 0.935. The molecule has 1 aliphatic rings. The molecule has 5 heteroatoms. The number of rotatable bonds is 4. The summed E-state index contributed by atoms with van der Waals surface area (Å²) in [5, 5.41) is 3.17. The Bertz CT molecular complexity index is 627. The summed E-state index contributed by atoms with van der Waals surface area (Å²) >= 11 is 0. The van der Waals surface area contributed by atoms with Crippen molar-refractivity contribution < 1.29 is 4.79 Å². The van der Waals surface area contributed by atoms with Crippen molar-refractivity contribution in [3.8, 4) is 11.4 Å². The zero-order valence-corrected chi connectivity index (χ0v) is 12.7. The zero-order chi connectivity index (χ0) is 15.4. The molecule has 0 spiro atoms. The molecular weight excluding hydrogens is 276 g/mol. The number of hydrogen-bond donors (Lipinski definition) is 1. The van der Waals surface area contributed by atoms with E-state index in [1.807, 2.05) is 42.3 Å². The zero-order valence-electron chi connectivity index (χ0n) is 12.7. The largest absolute Gasteiger partial charge is 0.338 e. The fraction of sp³-hybridized carbons (Fsp3) is 0.353. The summed E-state index contributed by atoms with van der Waals surface area (Å²) in [6, 6.07) is 9.77. The van der Waals surface area contributed by atoms with Crippen LogP contribution < -0.4 is 5.32 Å². The number of carbonyl (C=O) groups excluding carboxylic acids is 1. The molecule has 1 N–H and O–H groups in total. The highest BCUT2D eigenvalue weighted by Crippen LogP contribution is 2.19. The van der Waals surface area contributed by atoms with E-state index in [2.05, 4.69) is 15.3 Å². The molecule has 2 aromatic rings. The Kier molecular flexibility index (Phi) is 4.44. The van der Waals surface area contributed by atoms with Gasteiger partial charge in [-0.25, -0.2) is 9.97 Å². The molecule has 22 heavy (non-hydrogen) atoms. The Morgan fingerprint density at radius 1 is 1.27 bits per heavy atom. The first-order valence-corrected chi connectivity index (χ1v) is 7.59. The standard InChI is InChI=1S/C17H20N4O/c1-18-9-13-7-8-21(12-13)17(22)15-10-19-16(20-11-15)14-5-3-2-4-6-14/h2-6,10-11,13,18H,7-9,12H2,1H3. The molecule has 0 radical (unpaired) electrons. The summed E-state index contributed by atoms with van der Waals surface area (Å²) in [5.74, 6) is 1.21. The van der Waals surface area contributed by atoms with Crippen molar-refractivity contribution in [1.29, 1.82) is 0 Å². The maximum atomic E-state index is 12.5. The van der Waals surface area contributed by atoms with Gasteiger partial charge in [-0.2, -0.15) is 0 Å². The monoisotopic (exact) mass is 296 g/mol. The van der Waals surface area contributed by atoms with E-state index in [1.54, 1.807) is 12.4 Å². The molecule has 1 amide bonds. The van der Waals surface area contributed by atoms with Gasteiger partial charge in [0.2, 0.25) is 0 Å². The van der Waals surface area contributed by atoms with E-state index in [0.717, 1.165) is 31.6 Å². The molecular formula is C17H20N4O. The van der Waals surface area contributed by atoms with Crippen LogP contribution in [0.5, 0.6) is 0 Å². The van der Waals surface area contributed by atoms with Crippen molar-refractivity contribution in [3.05, 3.63) is 48.3 Å². The van der Waals surface area contributed by atoms with Crippen LogP contribution in [0.3, 0.4) is 0 Å². The number of nitrogens with one attached hydrogen (secondary N) is 1. The lowest BCUT2D eigenvalue weighted by Crippen LogP contribution is -2.30. The second-order valence-corrected chi connectivity index (χ2v) is 5.62. The molecule has 3 rings (SSSR count). The minimum absolute atomic E-state index is 0.0261. The lowest BCUT2D eigenvalue weighted by atomic mass is 10.1. The SMILES string of the molecule is CNCC1CCN(C(=O)c2cnc(-c3ccccc3)nc2)C1. The molecule has 1 aromatic carbocycles. The van der Waals surface area contributed by atoms with Crippen molar-refractivity contribution in [2.45, 2.75) is 6.42 Å². The molecule has 1 fully saturated rings. The molecule has 5 nitrogen and oxygen atoms in total. The molecule has 1 atom stereocenters. The fourth-order valence-corrected chi connectivity index (χ4v) is 2.83.